The molecule has 0 fully saturated rings. The topological polar surface area (TPSA) is 99.3 Å². The van der Waals surface area contributed by atoms with Crippen LogP contribution in [0.4, 0.5) is 11.4 Å². The largest absolute Gasteiger partial charge is 2.00 e. The summed E-state index contributed by atoms with van der Waals surface area (Å²) in [7, 11) is -4.53. The summed E-state index contributed by atoms with van der Waals surface area (Å²) >= 11 is 0. The van der Waals surface area contributed by atoms with Crippen LogP contribution < -0.4 is 0 Å². The van der Waals surface area contributed by atoms with E-state index in [-0.39, 0.29) is 70.4 Å². The van der Waals surface area contributed by atoms with Crippen LogP contribution in [-0.2, 0) is 10.1 Å². The molecule has 0 saturated carbocycles. The van der Waals surface area contributed by atoms with Gasteiger partial charge in [0, 0.05) is 10.8 Å². The second kappa shape index (κ2) is 8.28. The van der Waals surface area contributed by atoms with Crippen molar-refractivity contribution in [3.8, 4) is 5.75 Å². The van der Waals surface area contributed by atoms with E-state index in [1.165, 1.54) is 12.1 Å². The van der Waals surface area contributed by atoms with Crippen molar-refractivity contribution in [3.63, 3.8) is 0 Å². The first-order valence-electron chi connectivity index (χ1n) is 8.07. The number of nitrogens with zero attached hydrogens (tertiary/aromatic N) is 2. The summed E-state index contributed by atoms with van der Waals surface area (Å²) in [4.78, 5) is -0.316. The van der Waals surface area contributed by atoms with Gasteiger partial charge in [-0.05, 0) is 22.9 Å². The molecule has 4 rings (SSSR count). The number of rotatable bonds is 3. The number of phenols is 1. The van der Waals surface area contributed by atoms with E-state index in [4.69, 9.17) is 0 Å². The fraction of sp³-hybridized carbons (Fsp3) is 0. The molecule has 0 atom stereocenters. The molecule has 2 N–H and O–H groups in total. The first kappa shape index (κ1) is 20.9. The molecular formula is C20H16N2O4SSr. The van der Waals surface area contributed by atoms with Crippen molar-refractivity contribution in [2.24, 2.45) is 10.2 Å². The first-order chi connectivity index (χ1) is 12.9. The predicted octanol–water partition coefficient (Wildman–Crippen LogP) is 5.20. The fourth-order valence-electron chi connectivity index (χ4n) is 3.03. The van der Waals surface area contributed by atoms with Crippen LogP contribution in [0.1, 0.15) is 2.85 Å². The molecule has 4 aromatic rings. The Bertz CT molecular complexity index is 1330. The summed E-state index contributed by atoms with van der Waals surface area (Å²) in [6, 6.07) is 20.5. The standard InChI is InChI=1S/C20H14N2O4S.Sr.2H/c23-18-12-10-13-5-1-3-7-15(13)19(18)22-21-17-11-9-14-6-2-4-8-16(14)20(17)27(24,25)26;;;/h1-12,23H,(H,24,25,26);;;/q;+2;2*-1. The summed E-state index contributed by atoms with van der Waals surface area (Å²) in [5.41, 5.74) is 0.214. The molecule has 8 heteroatoms. The number of hydrogen-bond donors (Lipinski definition) is 2. The minimum absolute atomic E-state index is 0. The van der Waals surface area contributed by atoms with Crippen molar-refractivity contribution in [1.82, 2.24) is 0 Å². The third-order valence-corrected chi connectivity index (χ3v) is 5.20. The molecule has 0 bridgehead atoms. The maximum absolute atomic E-state index is 12.0. The smallest absolute Gasteiger partial charge is 1.00 e. The van der Waals surface area contributed by atoms with Crippen LogP contribution >= 0.6 is 0 Å². The van der Waals surface area contributed by atoms with Crippen LogP contribution in [0.15, 0.2) is 87.9 Å². The van der Waals surface area contributed by atoms with Crippen LogP contribution in [0, 0.1) is 0 Å². The minimum atomic E-state index is -4.53. The van der Waals surface area contributed by atoms with Gasteiger partial charge in [-0.25, -0.2) is 0 Å². The Morgan fingerprint density at radius 3 is 2.00 bits per heavy atom. The van der Waals surface area contributed by atoms with Gasteiger partial charge in [-0.2, -0.15) is 8.42 Å². The van der Waals surface area contributed by atoms with E-state index >= 15 is 0 Å². The van der Waals surface area contributed by atoms with Crippen LogP contribution in [0.3, 0.4) is 0 Å². The van der Waals surface area contributed by atoms with Gasteiger partial charge in [-0.1, -0.05) is 60.7 Å². The van der Waals surface area contributed by atoms with Gasteiger partial charge in [0.2, 0.25) is 0 Å². The molecule has 0 aliphatic rings. The molecule has 4 aromatic carbocycles. The second-order valence-electron chi connectivity index (χ2n) is 5.96. The Kier molecular flexibility index (Phi) is 6.19. The van der Waals surface area contributed by atoms with E-state index in [9.17, 15) is 18.1 Å². The molecule has 0 heterocycles. The zero-order valence-corrected chi connectivity index (χ0v) is 18.9. The molecule has 28 heavy (non-hydrogen) atoms. The number of hydrogen-bond acceptors (Lipinski definition) is 5. The van der Waals surface area contributed by atoms with Crippen LogP contribution in [0.5, 0.6) is 5.75 Å². The summed E-state index contributed by atoms with van der Waals surface area (Å²) < 4.78 is 33.6. The SMILES string of the molecule is O=S(=O)(O)c1c(N=Nc2c(O)ccc3ccccc23)ccc2ccccc12.[H-].[H-].[Sr+2]. The van der Waals surface area contributed by atoms with Gasteiger partial charge in [-0.3, -0.25) is 4.55 Å². The molecule has 0 amide bonds. The average molecular weight is 468 g/mol. The van der Waals surface area contributed by atoms with Crippen molar-refractivity contribution in [3.05, 3.63) is 72.8 Å². The van der Waals surface area contributed by atoms with Gasteiger partial charge in [0.05, 0.1) is 0 Å². The number of fused-ring (bicyclic) bond motifs is 2. The monoisotopic (exact) mass is 468 g/mol. The minimum Gasteiger partial charge on any atom is -1.00 e. The van der Waals surface area contributed by atoms with Crippen molar-refractivity contribution in [2.75, 3.05) is 0 Å². The van der Waals surface area contributed by atoms with Crippen molar-refractivity contribution in [2.45, 2.75) is 4.90 Å². The number of azo groups is 1. The van der Waals surface area contributed by atoms with Gasteiger partial charge in [0.25, 0.3) is 10.1 Å². The molecule has 0 unspecified atom stereocenters. The van der Waals surface area contributed by atoms with E-state index in [2.05, 4.69) is 10.2 Å². The molecule has 0 aliphatic carbocycles. The molecule has 0 radical (unpaired) electrons. The Morgan fingerprint density at radius 2 is 1.32 bits per heavy atom. The number of aromatic hydroxyl groups is 1. The summed E-state index contributed by atoms with van der Waals surface area (Å²) in [5.74, 6) is -0.0772. The third kappa shape index (κ3) is 3.98. The van der Waals surface area contributed by atoms with Gasteiger partial charge >= 0.3 is 45.5 Å². The fourth-order valence-corrected chi connectivity index (χ4v) is 3.87. The quantitative estimate of drug-likeness (QED) is 0.245. The predicted molar refractivity (Wildman–Crippen MR) is 112 cm³/mol. The van der Waals surface area contributed by atoms with E-state index in [0.29, 0.717) is 16.2 Å². The van der Waals surface area contributed by atoms with Crippen LogP contribution in [0.25, 0.3) is 21.5 Å². The van der Waals surface area contributed by atoms with Gasteiger partial charge in [-0.15, -0.1) is 10.2 Å². The van der Waals surface area contributed by atoms with E-state index in [1.54, 1.807) is 48.5 Å². The Hall–Kier alpha value is -1.81. The molecule has 6 nitrogen and oxygen atoms in total. The first-order valence-corrected chi connectivity index (χ1v) is 9.51. The Labute approximate surface area is 201 Å². The van der Waals surface area contributed by atoms with Crippen molar-refractivity contribution < 1.29 is 20.9 Å². The van der Waals surface area contributed by atoms with Gasteiger partial charge in [0.1, 0.15) is 22.0 Å². The number of phenolic OH excluding ortho intramolecular Hbond substituents is 1. The normalized spacial score (nSPS) is 11.8. The van der Waals surface area contributed by atoms with Gasteiger partial charge in [0.15, 0.2) is 0 Å². The summed E-state index contributed by atoms with van der Waals surface area (Å²) in [6.07, 6.45) is 0. The third-order valence-electron chi connectivity index (χ3n) is 4.25. The summed E-state index contributed by atoms with van der Waals surface area (Å²) in [6.45, 7) is 0. The average Bonchev–Trinajstić information content (AvgIpc) is 2.66. The molecule has 0 saturated heterocycles. The van der Waals surface area contributed by atoms with Crippen LogP contribution in [-0.4, -0.2) is 63.6 Å². The zero-order chi connectivity index (χ0) is 19.0. The number of benzene rings is 4. The Balaban J connectivity index is 0.00000150. The molecular weight excluding hydrogens is 452 g/mol. The van der Waals surface area contributed by atoms with E-state index < -0.39 is 10.1 Å². The maximum atomic E-state index is 12.0. The molecule has 0 aliphatic heterocycles. The van der Waals surface area contributed by atoms with Crippen molar-refractivity contribution in [1.29, 1.82) is 0 Å². The molecule has 0 aromatic heterocycles. The van der Waals surface area contributed by atoms with Crippen molar-refractivity contribution >= 4 is 88.5 Å². The maximum Gasteiger partial charge on any atom is 2.00 e. The molecule has 138 valence electrons. The van der Waals surface area contributed by atoms with Gasteiger partial charge < -0.3 is 7.96 Å². The second-order valence-corrected chi connectivity index (χ2v) is 7.32. The molecule has 0 spiro atoms. The zero-order valence-electron chi connectivity index (χ0n) is 16.6. The van der Waals surface area contributed by atoms with Crippen LogP contribution in [0.2, 0.25) is 0 Å². The van der Waals surface area contributed by atoms with E-state index in [0.717, 1.165) is 5.39 Å². The van der Waals surface area contributed by atoms with E-state index in [1.807, 2.05) is 12.1 Å². The Morgan fingerprint density at radius 1 is 0.750 bits per heavy atom. The summed E-state index contributed by atoms with van der Waals surface area (Å²) in [5, 5.41) is 20.8.